The number of nitrogens with one attached hydrogen (secondary N) is 1. The van der Waals surface area contributed by atoms with Gasteiger partial charge in [0.2, 0.25) is 10.0 Å². The number of hydrogen-bond acceptors (Lipinski definition) is 5. The number of halogens is 1. The Balaban J connectivity index is 0.00000192. The van der Waals surface area contributed by atoms with Crippen LogP contribution in [0.15, 0.2) is 32.3 Å². The maximum Gasteiger partial charge on any atom is 0.419 e. The molecule has 0 radical (unpaired) electrons. The van der Waals surface area contributed by atoms with Crippen LogP contribution in [0.4, 0.5) is 0 Å². The van der Waals surface area contributed by atoms with Gasteiger partial charge in [-0.25, -0.2) is 17.9 Å². The largest absolute Gasteiger partial charge is 0.419 e. The Morgan fingerprint density at radius 3 is 2.57 bits per heavy atom. The predicted molar refractivity (Wildman–Crippen MR) is 89.3 cm³/mol. The number of oxazole rings is 1. The second kappa shape index (κ2) is 6.64. The molecule has 0 bridgehead atoms. The van der Waals surface area contributed by atoms with Crippen LogP contribution in [0.25, 0.3) is 11.1 Å². The standard InChI is InChI=1S/C14H19N3O4S.ClH/c1-17-12-7-6-11(8-13(12)21-14(17)18)22(19,20)16-10-4-2-9(15)3-5-10;/h6-10,16H,2-5,15H2,1H3;1H. The van der Waals surface area contributed by atoms with Crippen molar-refractivity contribution in [2.45, 2.75) is 42.7 Å². The molecule has 7 nitrogen and oxygen atoms in total. The van der Waals surface area contributed by atoms with Gasteiger partial charge in [-0.3, -0.25) is 4.57 Å². The van der Waals surface area contributed by atoms with E-state index in [9.17, 15) is 13.2 Å². The minimum Gasteiger partial charge on any atom is -0.408 e. The van der Waals surface area contributed by atoms with Crippen molar-refractivity contribution in [3.05, 3.63) is 28.7 Å². The average molecular weight is 362 g/mol. The van der Waals surface area contributed by atoms with E-state index in [0.29, 0.717) is 5.52 Å². The lowest BCUT2D eigenvalue weighted by molar-refractivity contribution is 0.373. The summed E-state index contributed by atoms with van der Waals surface area (Å²) in [6.45, 7) is 0. The lowest BCUT2D eigenvalue weighted by Crippen LogP contribution is -2.40. The highest BCUT2D eigenvalue weighted by atomic mass is 35.5. The number of sulfonamides is 1. The van der Waals surface area contributed by atoms with Crippen LogP contribution in [0.3, 0.4) is 0 Å². The molecule has 2 aromatic rings. The third-order valence-corrected chi connectivity index (χ3v) is 5.69. The zero-order valence-corrected chi connectivity index (χ0v) is 14.3. The molecule has 1 aromatic carbocycles. The Morgan fingerprint density at radius 2 is 1.91 bits per heavy atom. The van der Waals surface area contributed by atoms with Crippen molar-refractivity contribution in [3.8, 4) is 0 Å². The van der Waals surface area contributed by atoms with E-state index in [1.807, 2.05) is 0 Å². The fraction of sp³-hybridized carbons (Fsp3) is 0.500. The van der Waals surface area contributed by atoms with Gasteiger partial charge in [-0.15, -0.1) is 12.4 Å². The summed E-state index contributed by atoms with van der Waals surface area (Å²) in [6.07, 6.45) is 3.12. The van der Waals surface area contributed by atoms with Crippen molar-refractivity contribution in [2.24, 2.45) is 12.8 Å². The molecular formula is C14H20ClN3O4S. The van der Waals surface area contributed by atoms with E-state index >= 15 is 0 Å². The highest BCUT2D eigenvalue weighted by molar-refractivity contribution is 7.89. The lowest BCUT2D eigenvalue weighted by Gasteiger charge is -2.26. The number of rotatable bonds is 3. The zero-order valence-electron chi connectivity index (χ0n) is 12.7. The van der Waals surface area contributed by atoms with Crippen LogP contribution in [-0.4, -0.2) is 25.1 Å². The first-order chi connectivity index (χ1) is 10.4. The third-order valence-electron chi connectivity index (χ3n) is 4.17. The number of aromatic nitrogens is 1. The van der Waals surface area contributed by atoms with Gasteiger partial charge in [0.15, 0.2) is 5.58 Å². The summed E-state index contributed by atoms with van der Waals surface area (Å²) in [5.74, 6) is -0.515. The van der Waals surface area contributed by atoms with E-state index in [-0.39, 0.29) is 35.0 Å². The fourth-order valence-electron chi connectivity index (χ4n) is 2.81. The van der Waals surface area contributed by atoms with E-state index in [1.165, 1.54) is 16.7 Å². The quantitative estimate of drug-likeness (QED) is 0.851. The van der Waals surface area contributed by atoms with Crippen molar-refractivity contribution < 1.29 is 12.8 Å². The second-order valence-corrected chi connectivity index (χ2v) is 7.50. The molecule has 23 heavy (non-hydrogen) atoms. The van der Waals surface area contributed by atoms with Gasteiger partial charge in [0.25, 0.3) is 0 Å². The summed E-state index contributed by atoms with van der Waals surface area (Å²) in [6, 6.07) is 4.51. The highest BCUT2D eigenvalue weighted by Crippen LogP contribution is 2.21. The Morgan fingerprint density at radius 1 is 1.26 bits per heavy atom. The van der Waals surface area contributed by atoms with Crippen LogP contribution in [0, 0.1) is 0 Å². The van der Waals surface area contributed by atoms with Crippen molar-refractivity contribution in [2.75, 3.05) is 0 Å². The van der Waals surface area contributed by atoms with Gasteiger partial charge in [0.1, 0.15) is 0 Å². The number of nitrogens with zero attached hydrogens (tertiary/aromatic N) is 1. The molecule has 1 heterocycles. The van der Waals surface area contributed by atoms with Crippen molar-refractivity contribution in [1.82, 2.24) is 9.29 Å². The van der Waals surface area contributed by atoms with E-state index in [4.69, 9.17) is 10.2 Å². The molecule has 1 aliphatic rings. The predicted octanol–water partition coefficient (Wildman–Crippen LogP) is 1.10. The van der Waals surface area contributed by atoms with Gasteiger partial charge in [-0.2, -0.15) is 0 Å². The number of benzene rings is 1. The van der Waals surface area contributed by atoms with Crippen LogP contribution in [0.5, 0.6) is 0 Å². The Hall–Kier alpha value is -1.35. The molecule has 0 saturated heterocycles. The molecular weight excluding hydrogens is 342 g/mol. The topological polar surface area (TPSA) is 107 Å². The van der Waals surface area contributed by atoms with Gasteiger partial charge in [-0.1, -0.05) is 0 Å². The van der Waals surface area contributed by atoms with Crippen LogP contribution >= 0.6 is 12.4 Å². The smallest absolute Gasteiger partial charge is 0.408 e. The van der Waals surface area contributed by atoms with E-state index < -0.39 is 15.8 Å². The summed E-state index contributed by atoms with van der Waals surface area (Å²) in [4.78, 5) is 11.6. The Bertz CT molecular complexity index is 851. The van der Waals surface area contributed by atoms with Gasteiger partial charge >= 0.3 is 5.76 Å². The van der Waals surface area contributed by atoms with Gasteiger partial charge in [0.05, 0.1) is 10.4 Å². The van der Waals surface area contributed by atoms with E-state index in [1.54, 1.807) is 13.1 Å². The fourth-order valence-corrected chi connectivity index (χ4v) is 4.13. The molecule has 9 heteroatoms. The number of fused-ring (bicyclic) bond motifs is 1. The SMILES string of the molecule is Cl.Cn1c(=O)oc2cc(S(=O)(=O)NC3CCC(N)CC3)ccc21. The van der Waals surface area contributed by atoms with Crippen LogP contribution in [-0.2, 0) is 17.1 Å². The first-order valence-corrected chi connectivity index (χ1v) is 8.72. The highest BCUT2D eigenvalue weighted by Gasteiger charge is 2.25. The third kappa shape index (κ3) is 3.60. The molecule has 3 rings (SSSR count). The molecule has 0 spiro atoms. The van der Waals surface area contributed by atoms with Gasteiger partial charge in [-0.05, 0) is 37.8 Å². The Kier molecular flexibility index (Phi) is 5.20. The first kappa shape index (κ1) is 18.0. The zero-order chi connectivity index (χ0) is 15.9. The molecule has 1 aliphatic carbocycles. The first-order valence-electron chi connectivity index (χ1n) is 7.24. The second-order valence-electron chi connectivity index (χ2n) is 5.79. The molecule has 0 unspecified atom stereocenters. The molecule has 128 valence electrons. The van der Waals surface area contributed by atoms with Gasteiger partial charge < -0.3 is 10.2 Å². The van der Waals surface area contributed by atoms with Crippen molar-refractivity contribution >= 4 is 33.5 Å². The molecule has 3 N–H and O–H groups in total. The maximum absolute atomic E-state index is 12.4. The monoisotopic (exact) mass is 361 g/mol. The number of hydrogen-bond donors (Lipinski definition) is 2. The van der Waals surface area contributed by atoms with Crippen molar-refractivity contribution in [1.29, 1.82) is 0 Å². The van der Waals surface area contributed by atoms with Crippen LogP contribution < -0.4 is 16.2 Å². The van der Waals surface area contributed by atoms with Gasteiger partial charge in [0, 0.05) is 25.2 Å². The number of nitrogens with two attached hydrogens (primary N) is 1. The minimum absolute atomic E-state index is 0. The van der Waals surface area contributed by atoms with Crippen LogP contribution in [0.2, 0.25) is 0 Å². The molecule has 1 fully saturated rings. The summed E-state index contributed by atoms with van der Waals surface area (Å²) in [5, 5.41) is 0. The summed E-state index contributed by atoms with van der Waals surface area (Å²) in [5.41, 5.74) is 6.66. The average Bonchev–Trinajstić information content (AvgIpc) is 2.76. The Labute approximate surface area is 140 Å². The number of aryl methyl sites for hydroxylation is 1. The summed E-state index contributed by atoms with van der Waals surface area (Å²) < 4.78 is 34.0. The molecule has 1 aromatic heterocycles. The minimum atomic E-state index is -3.63. The molecule has 1 saturated carbocycles. The van der Waals surface area contributed by atoms with Crippen molar-refractivity contribution in [3.63, 3.8) is 0 Å². The molecule has 0 aliphatic heterocycles. The maximum atomic E-state index is 12.4. The van der Waals surface area contributed by atoms with E-state index in [2.05, 4.69) is 4.72 Å². The van der Waals surface area contributed by atoms with E-state index in [0.717, 1.165) is 25.7 Å². The van der Waals surface area contributed by atoms with Crippen LogP contribution in [0.1, 0.15) is 25.7 Å². The summed E-state index contributed by atoms with van der Waals surface area (Å²) >= 11 is 0. The normalized spacial score (nSPS) is 22.0. The lowest BCUT2D eigenvalue weighted by atomic mass is 9.93. The molecule has 0 amide bonds. The molecule has 0 atom stereocenters. The summed E-state index contributed by atoms with van der Waals surface area (Å²) in [7, 11) is -2.06.